The summed E-state index contributed by atoms with van der Waals surface area (Å²) >= 11 is 9.73. The van der Waals surface area contributed by atoms with Gasteiger partial charge in [0, 0.05) is 18.7 Å². The van der Waals surface area contributed by atoms with E-state index in [9.17, 15) is 0 Å². The number of hydrogen-bond acceptors (Lipinski definition) is 3. The third-order valence-corrected chi connectivity index (χ3v) is 4.29. The van der Waals surface area contributed by atoms with E-state index in [1.165, 1.54) is 5.56 Å². The Hall–Kier alpha value is -1.04. The van der Waals surface area contributed by atoms with E-state index in [-0.39, 0.29) is 6.04 Å². The lowest BCUT2D eigenvalue weighted by Gasteiger charge is -2.11. The van der Waals surface area contributed by atoms with Crippen molar-refractivity contribution < 1.29 is 4.74 Å². The minimum absolute atomic E-state index is 0.139. The lowest BCUT2D eigenvalue weighted by atomic mass is 10.1. The Bertz CT molecular complexity index is 640. The number of aryl methyl sites for hydroxylation is 2. The maximum absolute atomic E-state index is 6.20. The lowest BCUT2D eigenvalue weighted by Crippen LogP contribution is -2.17. The molecular weight excluding hydrogens is 354 g/mol. The van der Waals surface area contributed by atoms with Gasteiger partial charge in [0.05, 0.1) is 10.2 Å². The molecule has 0 saturated carbocycles. The highest BCUT2D eigenvalue weighted by Gasteiger charge is 2.12. The molecule has 0 fully saturated rings. The van der Waals surface area contributed by atoms with E-state index in [1.54, 1.807) is 4.68 Å². The largest absolute Gasteiger partial charge is 0.488 e. The molecule has 1 heterocycles. The van der Waals surface area contributed by atoms with Gasteiger partial charge in [0.25, 0.3) is 0 Å². The third-order valence-electron chi connectivity index (χ3n) is 3.20. The molecule has 0 bridgehead atoms. The molecule has 2 N–H and O–H groups in total. The second-order valence-electron chi connectivity index (χ2n) is 5.21. The van der Waals surface area contributed by atoms with Gasteiger partial charge >= 0.3 is 0 Å². The fraction of sp³-hybridized carbons (Fsp3) is 0.400. The normalized spacial score (nSPS) is 12.5. The van der Waals surface area contributed by atoms with Crippen LogP contribution in [0.4, 0.5) is 0 Å². The number of aromatic nitrogens is 2. The predicted molar refractivity (Wildman–Crippen MR) is 88.8 cm³/mol. The second-order valence-corrected chi connectivity index (χ2v) is 6.43. The fourth-order valence-electron chi connectivity index (χ4n) is 2.15. The molecule has 0 aliphatic rings. The van der Waals surface area contributed by atoms with Gasteiger partial charge in [0.2, 0.25) is 0 Å². The molecule has 6 heteroatoms. The quantitative estimate of drug-likeness (QED) is 0.872. The van der Waals surface area contributed by atoms with E-state index in [2.05, 4.69) is 21.0 Å². The summed E-state index contributed by atoms with van der Waals surface area (Å²) in [5.41, 5.74) is 8.78. The SMILES string of the molecule is Cc1nn(C)c(Cl)c1COc1ccc(CC(C)N)cc1Br. The van der Waals surface area contributed by atoms with Gasteiger partial charge < -0.3 is 10.5 Å². The van der Waals surface area contributed by atoms with Crippen LogP contribution < -0.4 is 10.5 Å². The Labute approximate surface area is 138 Å². The smallest absolute Gasteiger partial charge is 0.134 e. The number of nitrogens with zero attached hydrogens (tertiary/aromatic N) is 2. The summed E-state index contributed by atoms with van der Waals surface area (Å²) in [5.74, 6) is 0.780. The van der Waals surface area contributed by atoms with Crippen LogP contribution in [-0.4, -0.2) is 15.8 Å². The third kappa shape index (κ3) is 3.99. The van der Waals surface area contributed by atoms with E-state index in [0.29, 0.717) is 11.8 Å². The van der Waals surface area contributed by atoms with Gasteiger partial charge in [0.15, 0.2) is 0 Å². The van der Waals surface area contributed by atoms with Crippen LogP contribution in [0.15, 0.2) is 22.7 Å². The average Bonchev–Trinajstić information content (AvgIpc) is 2.62. The first kappa shape index (κ1) is 16.3. The molecule has 4 nitrogen and oxygen atoms in total. The second kappa shape index (κ2) is 6.81. The number of rotatable bonds is 5. The van der Waals surface area contributed by atoms with Crippen LogP contribution >= 0.6 is 27.5 Å². The molecule has 0 spiro atoms. The summed E-state index contributed by atoms with van der Waals surface area (Å²) in [5, 5.41) is 4.88. The highest BCUT2D eigenvalue weighted by Crippen LogP contribution is 2.28. The van der Waals surface area contributed by atoms with Crippen molar-refractivity contribution in [2.75, 3.05) is 0 Å². The molecule has 2 aromatic rings. The van der Waals surface area contributed by atoms with Crippen LogP contribution in [0.2, 0.25) is 5.15 Å². The number of nitrogens with two attached hydrogens (primary N) is 1. The molecule has 1 aromatic carbocycles. The van der Waals surface area contributed by atoms with Crippen molar-refractivity contribution in [1.82, 2.24) is 9.78 Å². The number of ether oxygens (including phenoxy) is 1. The van der Waals surface area contributed by atoms with Crippen LogP contribution in [0.3, 0.4) is 0 Å². The van der Waals surface area contributed by atoms with Crippen molar-refractivity contribution >= 4 is 27.5 Å². The first-order valence-electron chi connectivity index (χ1n) is 6.73. The summed E-state index contributed by atoms with van der Waals surface area (Å²) in [6.07, 6.45) is 0.840. The van der Waals surface area contributed by atoms with Gasteiger partial charge in [0.1, 0.15) is 17.5 Å². The predicted octanol–water partition coefficient (Wildman–Crippen LogP) is 3.61. The Morgan fingerprint density at radius 3 is 2.71 bits per heavy atom. The van der Waals surface area contributed by atoms with Crippen molar-refractivity contribution in [1.29, 1.82) is 0 Å². The van der Waals surface area contributed by atoms with Crippen LogP contribution in [0.1, 0.15) is 23.7 Å². The minimum Gasteiger partial charge on any atom is -0.488 e. The molecule has 114 valence electrons. The zero-order valence-corrected chi connectivity index (χ0v) is 14.7. The monoisotopic (exact) mass is 371 g/mol. The van der Waals surface area contributed by atoms with Crippen molar-refractivity contribution in [3.63, 3.8) is 0 Å². The lowest BCUT2D eigenvalue weighted by molar-refractivity contribution is 0.303. The molecule has 1 atom stereocenters. The average molecular weight is 373 g/mol. The molecule has 1 aromatic heterocycles. The molecule has 0 radical (unpaired) electrons. The molecule has 0 saturated heterocycles. The Kier molecular flexibility index (Phi) is 5.30. The van der Waals surface area contributed by atoms with Crippen LogP contribution in [0, 0.1) is 6.92 Å². The van der Waals surface area contributed by atoms with Crippen LogP contribution in [0.5, 0.6) is 5.75 Å². The van der Waals surface area contributed by atoms with Crippen molar-refractivity contribution in [3.8, 4) is 5.75 Å². The van der Waals surface area contributed by atoms with Gasteiger partial charge in [-0.25, -0.2) is 0 Å². The fourth-order valence-corrected chi connectivity index (χ4v) is 2.92. The maximum Gasteiger partial charge on any atom is 0.134 e. The molecule has 0 amide bonds. The van der Waals surface area contributed by atoms with Crippen LogP contribution in [-0.2, 0) is 20.1 Å². The van der Waals surface area contributed by atoms with E-state index in [4.69, 9.17) is 22.1 Å². The summed E-state index contributed by atoms with van der Waals surface area (Å²) in [4.78, 5) is 0. The summed E-state index contributed by atoms with van der Waals surface area (Å²) < 4.78 is 8.41. The summed E-state index contributed by atoms with van der Waals surface area (Å²) in [6.45, 7) is 4.31. The van der Waals surface area contributed by atoms with Gasteiger partial charge in [-0.1, -0.05) is 17.7 Å². The standard InChI is InChI=1S/C15H19BrClN3O/c1-9(18)6-11-4-5-14(13(16)7-11)21-8-12-10(2)19-20(3)15(12)17/h4-5,7,9H,6,8,18H2,1-3H3. The first-order valence-corrected chi connectivity index (χ1v) is 7.90. The summed E-state index contributed by atoms with van der Waals surface area (Å²) in [6, 6.07) is 6.15. The molecular formula is C15H19BrClN3O. The molecule has 2 rings (SSSR count). The van der Waals surface area contributed by atoms with E-state index in [1.807, 2.05) is 39.1 Å². The van der Waals surface area contributed by atoms with Crippen molar-refractivity contribution in [3.05, 3.63) is 44.6 Å². The zero-order valence-electron chi connectivity index (χ0n) is 12.4. The molecule has 0 aliphatic carbocycles. The topological polar surface area (TPSA) is 53.1 Å². The highest BCUT2D eigenvalue weighted by atomic mass is 79.9. The number of hydrogen-bond donors (Lipinski definition) is 1. The zero-order chi connectivity index (χ0) is 15.6. The van der Waals surface area contributed by atoms with Gasteiger partial charge in [-0.15, -0.1) is 0 Å². The van der Waals surface area contributed by atoms with E-state index < -0.39 is 0 Å². The Morgan fingerprint density at radius 1 is 1.48 bits per heavy atom. The maximum atomic E-state index is 6.20. The van der Waals surface area contributed by atoms with Crippen molar-refractivity contribution in [2.45, 2.75) is 32.9 Å². The molecule has 0 aliphatic heterocycles. The molecule has 1 unspecified atom stereocenters. The van der Waals surface area contributed by atoms with Crippen molar-refractivity contribution in [2.24, 2.45) is 12.8 Å². The summed E-state index contributed by atoms with van der Waals surface area (Å²) in [7, 11) is 1.82. The number of halogens is 2. The first-order chi connectivity index (χ1) is 9.88. The highest BCUT2D eigenvalue weighted by molar-refractivity contribution is 9.10. The van der Waals surface area contributed by atoms with Gasteiger partial charge in [-0.3, -0.25) is 4.68 Å². The Balaban J connectivity index is 2.10. The number of benzene rings is 1. The Morgan fingerprint density at radius 2 is 2.19 bits per heavy atom. The minimum atomic E-state index is 0.139. The van der Waals surface area contributed by atoms with E-state index >= 15 is 0 Å². The molecule has 21 heavy (non-hydrogen) atoms. The van der Waals surface area contributed by atoms with E-state index in [0.717, 1.165) is 27.9 Å². The van der Waals surface area contributed by atoms with Gasteiger partial charge in [-0.2, -0.15) is 5.10 Å². The van der Waals surface area contributed by atoms with Gasteiger partial charge in [-0.05, 0) is 53.9 Å². The van der Waals surface area contributed by atoms with Crippen LogP contribution in [0.25, 0.3) is 0 Å².